The molecular weight excluding hydrogens is 206 g/mol. The highest BCUT2D eigenvalue weighted by atomic mass is 16.7. The summed E-state index contributed by atoms with van der Waals surface area (Å²) in [4.78, 5) is 5.41. The van der Waals surface area contributed by atoms with E-state index >= 15 is 0 Å². The third-order valence-corrected chi connectivity index (χ3v) is 2.51. The fourth-order valence-corrected chi connectivity index (χ4v) is 1.78. The van der Waals surface area contributed by atoms with Gasteiger partial charge in [0.15, 0.2) is 6.10 Å². The Balaban J connectivity index is 2.09. The Morgan fingerprint density at radius 3 is 3.00 bits per heavy atom. The fourth-order valence-electron chi connectivity index (χ4n) is 1.78. The molecule has 16 heavy (non-hydrogen) atoms. The molecule has 2 heterocycles. The molecule has 2 atom stereocenters. The summed E-state index contributed by atoms with van der Waals surface area (Å²) in [6, 6.07) is 7.73. The normalized spacial score (nSPS) is 25.1. The predicted octanol–water partition coefficient (Wildman–Crippen LogP) is 1.76. The summed E-state index contributed by atoms with van der Waals surface area (Å²) in [5, 5.41) is 19.0. The van der Waals surface area contributed by atoms with Gasteiger partial charge in [0.05, 0.1) is 30.9 Å². The van der Waals surface area contributed by atoms with E-state index in [4.69, 9.17) is 19.8 Å². The summed E-state index contributed by atoms with van der Waals surface area (Å²) in [5.74, 6) is 0.774. The largest absolute Gasteiger partial charge is 0.468 e. The molecule has 0 unspecified atom stereocenters. The second kappa shape index (κ2) is 4.80. The standard InChI is InChI=1S/C11H11N3O2/c12-4-2-5-14-10(7-9(8-13)16-14)11-3-1-6-15-11/h1,3,6,9-10H,2,5,7H2/t9-,10+/m0/s1. The monoisotopic (exact) mass is 217 g/mol. The molecule has 0 bridgehead atoms. The van der Waals surface area contributed by atoms with Crippen LogP contribution < -0.4 is 0 Å². The lowest BCUT2D eigenvalue weighted by Crippen LogP contribution is -2.23. The molecule has 82 valence electrons. The zero-order valence-electron chi connectivity index (χ0n) is 8.67. The van der Waals surface area contributed by atoms with Crippen molar-refractivity contribution < 1.29 is 9.25 Å². The quantitative estimate of drug-likeness (QED) is 0.771. The van der Waals surface area contributed by atoms with E-state index in [1.807, 2.05) is 6.07 Å². The Kier molecular flexibility index (Phi) is 3.21. The van der Waals surface area contributed by atoms with Gasteiger partial charge < -0.3 is 4.42 Å². The maximum atomic E-state index is 8.83. The SMILES string of the molecule is N#CCCN1O[C@H](C#N)C[C@@H]1c1ccco1. The predicted molar refractivity (Wildman–Crippen MR) is 53.5 cm³/mol. The Hall–Kier alpha value is -1.82. The fraction of sp³-hybridized carbons (Fsp3) is 0.455. The highest BCUT2D eigenvalue weighted by molar-refractivity contribution is 5.08. The minimum absolute atomic E-state index is 0.0620. The van der Waals surface area contributed by atoms with Crippen LogP contribution in [0.25, 0.3) is 0 Å². The maximum absolute atomic E-state index is 8.83. The lowest BCUT2D eigenvalue weighted by atomic mass is 10.1. The molecule has 0 aliphatic carbocycles. The van der Waals surface area contributed by atoms with Crippen molar-refractivity contribution in [1.82, 2.24) is 5.06 Å². The van der Waals surface area contributed by atoms with Crippen LogP contribution in [0.5, 0.6) is 0 Å². The molecule has 5 nitrogen and oxygen atoms in total. The molecule has 1 aliphatic rings. The van der Waals surface area contributed by atoms with Crippen molar-refractivity contribution in [3.8, 4) is 12.1 Å². The lowest BCUT2D eigenvalue weighted by Gasteiger charge is -2.18. The van der Waals surface area contributed by atoms with E-state index in [0.29, 0.717) is 19.4 Å². The van der Waals surface area contributed by atoms with Gasteiger partial charge >= 0.3 is 0 Å². The summed E-state index contributed by atoms with van der Waals surface area (Å²) < 4.78 is 5.31. The molecule has 0 aromatic carbocycles. The van der Waals surface area contributed by atoms with Crippen LogP contribution >= 0.6 is 0 Å². The van der Waals surface area contributed by atoms with Crippen molar-refractivity contribution in [2.24, 2.45) is 0 Å². The Bertz CT molecular complexity index is 415. The molecule has 2 rings (SSSR count). The number of nitriles is 2. The van der Waals surface area contributed by atoms with Crippen molar-refractivity contribution >= 4 is 0 Å². The zero-order chi connectivity index (χ0) is 11.4. The molecule has 0 amide bonds. The van der Waals surface area contributed by atoms with Crippen molar-refractivity contribution in [3.63, 3.8) is 0 Å². The van der Waals surface area contributed by atoms with Crippen LogP contribution in [0.15, 0.2) is 22.8 Å². The first-order valence-corrected chi connectivity index (χ1v) is 5.08. The molecule has 1 fully saturated rings. The summed E-state index contributed by atoms with van der Waals surface area (Å²) in [6.45, 7) is 0.486. The molecule has 0 N–H and O–H groups in total. The van der Waals surface area contributed by atoms with E-state index in [-0.39, 0.29) is 6.04 Å². The highest BCUT2D eigenvalue weighted by Crippen LogP contribution is 2.33. The van der Waals surface area contributed by atoms with E-state index in [2.05, 4.69) is 12.1 Å². The Morgan fingerprint density at radius 2 is 2.38 bits per heavy atom. The molecule has 1 aromatic heterocycles. The number of hydroxylamine groups is 2. The van der Waals surface area contributed by atoms with E-state index < -0.39 is 6.10 Å². The van der Waals surface area contributed by atoms with Crippen LogP contribution in [0.4, 0.5) is 0 Å². The van der Waals surface area contributed by atoms with Gasteiger partial charge in [0.25, 0.3) is 0 Å². The van der Waals surface area contributed by atoms with Gasteiger partial charge in [-0.05, 0) is 12.1 Å². The van der Waals surface area contributed by atoms with Crippen LogP contribution in [-0.2, 0) is 4.84 Å². The molecule has 5 heteroatoms. The van der Waals surface area contributed by atoms with Crippen LogP contribution in [0, 0.1) is 22.7 Å². The molecule has 0 radical (unpaired) electrons. The molecule has 1 saturated heterocycles. The van der Waals surface area contributed by atoms with Crippen LogP contribution in [0.2, 0.25) is 0 Å². The molecule has 0 saturated carbocycles. The van der Waals surface area contributed by atoms with Gasteiger partial charge in [0, 0.05) is 13.0 Å². The van der Waals surface area contributed by atoms with E-state index in [1.54, 1.807) is 17.4 Å². The highest BCUT2D eigenvalue weighted by Gasteiger charge is 2.35. The summed E-state index contributed by atoms with van der Waals surface area (Å²) in [5.41, 5.74) is 0. The summed E-state index contributed by atoms with van der Waals surface area (Å²) >= 11 is 0. The van der Waals surface area contributed by atoms with Crippen LogP contribution in [0.1, 0.15) is 24.6 Å². The third kappa shape index (κ3) is 2.06. The number of hydrogen-bond donors (Lipinski definition) is 0. The zero-order valence-corrected chi connectivity index (χ0v) is 8.67. The Labute approximate surface area is 93.4 Å². The van der Waals surface area contributed by atoms with Crippen LogP contribution in [0.3, 0.4) is 0 Å². The van der Waals surface area contributed by atoms with Gasteiger partial charge in [0.2, 0.25) is 0 Å². The first kappa shape index (κ1) is 10.7. The van der Waals surface area contributed by atoms with E-state index in [9.17, 15) is 0 Å². The maximum Gasteiger partial charge on any atom is 0.167 e. The van der Waals surface area contributed by atoms with E-state index in [0.717, 1.165) is 5.76 Å². The van der Waals surface area contributed by atoms with Crippen molar-refractivity contribution in [2.45, 2.75) is 25.0 Å². The lowest BCUT2D eigenvalue weighted by molar-refractivity contribution is -0.151. The number of rotatable bonds is 3. The first-order valence-electron chi connectivity index (χ1n) is 5.08. The minimum atomic E-state index is -0.450. The molecule has 0 spiro atoms. The number of hydrogen-bond acceptors (Lipinski definition) is 5. The van der Waals surface area contributed by atoms with E-state index in [1.165, 1.54) is 0 Å². The smallest absolute Gasteiger partial charge is 0.167 e. The molecule has 1 aliphatic heterocycles. The average Bonchev–Trinajstić information content (AvgIpc) is 2.94. The van der Waals surface area contributed by atoms with Gasteiger partial charge in [0.1, 0.15) is 5.76 Å². The topological polar surface area (TPSA) is 73.2 Å². The van der Waals surface area contributed by atoms with Gasteiger partial charge in [-0.25, -0.2) is 0 Å². The molecular formula is C11H11N3O2. The van der Waals surface area contributed by atoms with Crippen molar-refractivity contribution in [1.29, 1.82) is 10.5 Å². The first-order chi connectivity index (χ1) is 7.85. The van der Waals surface area contributed by atoms with Crippen LogP contribution in [-0.4, -0.2) is 17.7 Å². The van der Waals surface area contributed by atoms with Crippen molar-refractivity contribution in [3.05, 3.63) is 24.2 Å². The molecule has 1 aromatic rings. The number of nitrogens with zero attached hydrogens (tertiary/aromatic N) is 3. The second-order valence-electron chi connectivity index (χ2n) is 3.54. The van der Waals surface area contributed by atoms with Crippen molar-refractivity contribution in [2.75, 3.05) is 6.54 Å². The Morgan fingerprint density at radius 1 is 1.50 bits per heavy atom. The average molecular weight is 217 g/mol. The third-order valence-electron chi connectivity index (χ3n) is 2.51. The van der Waals surface area contributed by atoms with Gasteiger partial charge in [-0.15, -0.1) is 0 Å². The number of furan rings is 1. The minimum Gasteiger partial charge on any atom is -0.468 e. The van der Waals surface area contributed by atoms with Gasteiger partial charge in [-0.2, -0.15) is 15.6 Å². The summed E-state index contributed by atoms with van der Waals surface area (Å²) in [6.07, 6.45) is 2.09. The van der Waals surface area contributed by atoms with Gasteiger partial charge in [-0.3, -0.25) is 4.84 Å². The summed E-state index contributed by atoms with van der Waals surface area (Å²) in [7, 11) is 0. The van der Waals surface area contributed by atoms with Gasteiger partial charge in [-0.1, -0.05) is 0 Å². The second-order valence-corrected chi connectivity index (χ2v) is 3.54.